The van der Waals surface area contributed by atoms with Gasteiger partial charge in [0, 0.05) is 24.0 Å². The van der Waals surface area contributed by atoms with E-state index in [4.69, 9.17) is 0 Å². The molecule has 16 heavy (non-hydrogen) atoms. The van der Waals surface area contributed by atoms with Crippen molar-refractivity contribution in [1.82, 2.24) is 4.57 Å². The van der Waals surface area contributed by atoms with E-state index < -0.39 is 0 Å². The van der Waals surface area contributed by atoms with Gasteiger partial charge in [0.05, 0.1) is 0 Å². The van der Waals surface area contributed by atoms with Gasteiger partial charge in [-0.3, -0.25) is 0 Å². The monoisotopic (exact) mass is 213 g/mol. The summed E-state index contributed by atoms with van der Waals surface area (Å²) in [5, 5.41) is 0. The lowest BCUT2D eigenvalue weighted by Crippen LogP contribution is -1.97. The molecule has 0 saturated carbocycles. The van der Waals surface area contributed by atoms with Crippen LogP contribution >= 0.6 is 0 Å². The Morgan fingerprint density at radius 3 is 2.38 bits per heavy atom. The summed E-state index contributed by atoms with van der Waals surface area (Å²) in [6.45, 7) is 7.74. The van der Waals surface area contributed by atoms with Crippen molar-refractivity contribution in [2.24, 2.45) is 0 Å². The summed E-state index contributed by atoms with van der Waals surface area (Å²) in [5.74, 6) is 0. The largest absolute Gasteiger partial charge is 0.351 e. The van der Waals surface area contributed by atoms with Gasteiger partial charge in [-0.05, 0) is 31.4 Å². The minimum absolute atomic E-state index is 1.11. The summed E-state index contributed by atoms with van der Waals surface area (Å²) in [6, 6.07) is 10.6. The molecular formula is C15H19N. The van der Waals surface area contributed by atoms with Crippen LogP contribution in [0, 0.1) is 13.8 Å². The highest BCUT2D eigenvalue weighted by molar-refractivity contribution is 5.69. The minimum Gasteiger partial charge on any atom is -0.351 e. The van der Waals surface area contributed by atoms with E-state index in [1.165, 1.54) is 28.8 Å². The number of aromatic nitrogens is 1. The summed E-state index contributed by atoms with van der Waals surface area (Å²) in [7, 11) is 0. The number of benzene rings is 1. The molecule has 0 N–H and O–H groups in total. The third-order valence-electron chi connectivity index (χ3n) is 3.06. The Morgan fingerprint density at radius 2 is 1.75 bits per heavy atom. The zero-order valence-electron chi connectivity index (χ0n) is 10.3. The van der Waals surface area contributed by atoms with Crippen LogP contribution in [0.3, 0.4) is 0 Å². The molecule has 1 aromatic heterocycles. The lowest BCUT2D eigenvalue weighted by molar-refractivity contribution is 0.665. The first-order chi connectivity index (χ1) is 7.74. The summed E-state index contributed by atoms with van der Waals surface area (Å²) in [5.41, 5.74) is 5.48. The Balaban J connectivity index is 2.49. The van der Waals surface area contributed by atoms with E-state index in [2.05, 4.69) is 61.9 Å². The Bertz CT molecular complexity index is 466. The Labute approximate surface area is 97.7 Å². The van der Waals surface area contributed by atoms with Crippen LogP contribution in [0.2, 0.25) is 0 Å². The summed E-state index contributed by atoms with van der Waals surface area (Å²) < 4.78 is 2.36. The minimum atomic E-state index is 1.11. The van der Waals surface area contributed by atoms with E-state index in [-0.39, 0.29) is 0 Å². The predicted molar refractivity (Wildman–Crippen MR) is 69.6 cm³/mol. The maximum Gasteiger partial charge on any atom is 0.0225 e. The van der Waals surface area contributed by atoms with E-state index in [0.29, 0.717) is 0 Å². The van der Waals surface area contributed by atoms with Gasteiger partial charge in [-0.15, -0.1) is 0 Å². The molecule has 84 valence electrons. The van der Waals surface area contributed by atoms with Gasteiger partial charge in [0.25, 0.3) is 0 Å². The van der Waals surface area contributed by atoms with Crippen molar-refractivity contribution in [3.63, 3.8) is 0 Å². The Kier molecular flexibility index (Phi) is 3.14. The van der Waals surface area contributed by atoms with Crippen LogP contribution in [0.1, 0.15) is 24.6 Å². The van der Waals surface area contributed by atoms with Crippen molar-refractivity contribution in [2.45, 2.75) is 33.7 Å². The highest BCUT2D eigenvalue weighted by Gasteiger charge is 2.10. The number of rotatable bonds is 3. The molecule has 2 aromatic rings. The number of nitrogens with zero attached hydrogens (tertiary/aromatic N) is 1. The number of hydrogen-bond donors (Lipinski definition) is 0. The van der Waals surface area contributed by atoms with Crippen LogP contribution in [-0.4, -0.2) is 4.57 Å². The molecule has 0 radical (unpaired) electrons. The SMILES string of the molecule is CCCn1cc(C)c(-c2ccccc2)c1C. The molecule has 2 rings (SSSR count). The third-order valence-corrected chi connectivity index (χ3v) is 3.06. The molecule has 0 atom stereocenters. The van der Waals surface area contributed by atoms with Crippen molar-refractivity contribution in [1.29, 1.82) is 0 Å². The van der Waals surface area contributed by atoms with E-state index in [0.717, 1.165) is 6.54 Å². The first-order valence-corrected chi connectivity index (χ1v) is 5.95. The number of hydrogen-bond acceptors (Lipinski definition) is 0. The smallest absolute Gasteiger partial charge is 0.0225 e. The van der Waals surface area contributed by atoms with Crippen LogP contribution in [0.25, 0.3) is 11.1 Å². The molecule has 0 aliphatic heterocycles. The molecule has 1 heterocycles. The Hall–Kier alpha value is -1.50. The second kappa shape index (κ2) is 4.56. The van der Waals surface area contributed by atoms with E-state index >= 15 is 0 Å². The van der Waals surface area contributed by atoms with Crippen molar-refractivity contribution in [2.75, 3.05) is 0 Å². The lowest BCUT2D eigenvalue weighted by atomic mass is 10.0. The van der Waals surface area contributed by atoms with Crippen LogP contribution in [0.5, 0.6) is 0 Å². The molecule has 0 saturated heterocycles. The first-order valence-electron chi connectivity index (χ1n) is 5.95. The van der Waals surface area contributed by atoms with E-state index in [1.54, 1.807) is 0 Å². The van der Waals surface area contributed by atoms with Gasteiger partial charge < -0.3 is 4.57 Å². The molecular weight excluding hydrogens is 194 g/mol. The first kappa shape index (κ1) is 11.0. The molecule has 0 amide bonds. The van der Waals surface area contributed by atoms with Gasteiger partial charge in [-0.1, -0.05) is 37.3 Å². The third kappa shape index (κ3) is 1.90. The average molecular weight is 213 g/mol. The van der Waals surface area contributed by atoms with Gasteiger partial charge in [0.2, 0.25) is 0 Å². The summed E-state index contributed by atoms with van der Waals surface area (Å²) in [6.07, 6.45) is 3.45. The quantitative estimate of drug-likeness (QED) is 0.720. The van der Waals surface area contributed by atoms with Gasteiger partial charge >= 0.3 is 0 Å². The second-order valence-electron chi connectivity index (χ2n) is 4.33. The molecule has 0 fully saturated rings. The molecule has 1 aromatic carbocycles. The van der Waals surface area contributed by atoms with Crippen molar-refractivity contribution < 1.29 is 0 Å². The van der Waals surface area contributed by atoms with Gasteiger partial charge in [0.1, 0.15) is 0 Å². The highest BCUT2D eigenvalue weighted by Crippen LogP contribution is 2.28. The van der Waals surface area contributed by atoms with Crippen LogP contribution in [0.4, 0.5) is 0 Å². The van der Waals surface area contributed by atoms with E-state index in [9.17, 15) is 0 Å². The lowest BCUT2D eigenvalue weighted by Gasteiger charge is -2.06. The molecule has 0 aliphatic rings. The van der Waals surface area contributed by atoms with Gasteiger partial charge in [0.15, 0.2) is 0 Å². The fraction of sp³-hybridized carbons (Fsp3) is 0.333. The van der Waals surface area contributed by atoms with Crippen LogP contribution < -0.4 is 0 Å². The maximum absolute atomic E-state index is 2.36. The zero-order valence-corrected chi connectivity index (χ0v) is 10.3. The Morgan fingerprint density at radius 1 is 1.06 bits per heavy atom. The highest BCUT2D eigenvalue weighted by atomic mass is 15.0. The number of aryl methyl sites for hydroxylation is 2. The van der Waals surface area contributed by atoms with Crippen molar-refractivity contribution in [3.8, 4) is 11.1 Å². The summed E-state index contributed by atoms with van der Waals surface area (Å²) in [4.78, 5) is 0. The maximum atomic E-state index is 2.36. The van der Waals surface area contributed by atoms with Crippen molar-refractivity contribution in [3.05, 3.63) is 47.8 Å². The van der Waals surface area contributed by atoms with Gasteiger partial charge in [-0.25, -0.2) is 0 Å². The standard InChI is InChI=1S/C15H19N/c1-4-10-16-11-12(2)15(13(16)3)14-8-6-5-7-9-14/h5-9,11H,4,10H2,1-3H3. The molecule has 1 nitrogen and oxygen atoms in total. The molecule has 1 heteroatoms. The van der Waals surface area contributed by atoms with Crippen molar-refractivity contribution >= 4 is 0 Å². The molecule has 0 unspecified atom stereocenters. The normalized spacial score (nSPS) is 10.7. The predicted octanol–water partition coefficient (Wildman–Crippen LogP) is 4.18. The fourth-order valence-corrected chi connectivity index (χ4v) is 2.34. The average Bonchev–Trinajstić information content (AvgIpc) is 2.56. The van der Waals surface area contributed by atoms with Gasteiger partial charge in [-0.2, -0.15) is 0 Å². The topological polar surface area (TPSA) is 4.93 Å². The summed E-state index contributed by atoms with van der Waals surface area (Å²) >= 11 is 0. The molecule has 0 bridgehead atoms. The fourth-order valence-electron chi connectivity index (χ4n) is 2.34. The second-order valence-corrected chi connectivity index (χ2v) is 4.33. The molecule has 0 aliphatic carbocycles. The van der Waals surface area contributed by atoms with Crippen LogP contribution in [0.15, 0.2) is 36.5 Å². The van der Waals surface area contributed by atoms with E-state index in [1.807, 2.05) is 0 Å². The molecule has 0 spiro atoms. The zero-order chi connectivity index (χ0) is 11.5. The van der Waals surface area contributed by atoms with Crippen LogP contribution in [-0.2, 0) is 6.54 Å².